The van der Waals surface area contributed by atoms with Crippen LogP contribution in [-0.4, -0.2) is 35.8 Å². The zero-order valence-electron chi connectivity index (χ0n) is 14.9. The average molecular weight is 340 g/mol. The summed E-state index contributed by atoms with van der Waals surface area (Å²) in [5, 5.41) is 3.25. The van der Waals surface area contributed by atoms with Crippen LogP contribution in [0, 0.1) is 5.92 Å². The van der Waals surface area contributed by atoms with Gasteiger partial charge in [-0.3, -0.25) is 9.59 Å². The van der Waals surface area contributed by atoms with E-state index >= 15 is 0 Å². The minimum Gasteiger partial charge on any atom is -0.355 e. The molecule has 1 heterocycles. The van der Waals surface area contributed by atoms with Crippen LogP contribution in [0.4, 0.5) is 0 Å². The minimum atomic E-state index is -0.0347. The Morgan fingerprint density at radius 1 is 1.12 bits per heavy atom. The van der Waals surface area contributed by atoms with E-state index in [2.05, 4.69) is 35.6 Å². The lowest BCUT2D eigenvalue weighted by Crippen LogP contribution is -2.48. The van der Waals surface area contributed by atoms with Crippen LogP contribution in [0.3, 0.4) is 0 Å². The molecule has 4 heteroatoms. The molecule has 1 aromatic rings. The predicted molar refractivity (Wildman–Crippen MR) is 97.1 cm³/mol. The third-order valence-electron chi connectivity index (χ3n) is 6.35. The first-order valence-corrected chi connectivity index (χ1v) is 9.81. The Kier molecular flexibility index (Phi) is 4.53. The standard InChI is InChI=1S/C21H28N2O2/c24-19-11-8-16(14-23(19)18-9-10-18)20(25)22-15-21(12-4-5-13-21)17-6-2-1-3-7-17/h1-3,6-7,16,18H,4-5,8-15H2,(H,22,25)/t16-/m0/s1. The van der Waals surface area contributed by atoms with Crippen molar-refractivity contribution in [3.63, 3.8) is 0 Å². The molecule has 25 heavy (non-hydrogen) atoms. The minimum absolute atomic E-state index is 0.0347. The van der Waals surface area contributed by atoms with E-state index in [1.807, 2.05) is 4.90 Å². The van der Waals surface area contributed by atoms with Gasteiger partial charge in [-0.1, -0.05) is 43.2 Å². The maximum atomic E-state index is 12.8. The average Bonchev–Trinajstić information content (AvgIpc) is 3.38. The molecule has 0 radical (unpaired) electrons. The fourth-order valence-electron chi connectivity index (χ4n) is 4.64. The normalized spacial score (nSPS) is 25.8. The Hall–Kier alpha value is -1.84. The molecule has 0 spiro atoms. The van der Waals surface area contributed by atoms with Crippen molar-refractivity contribution in [2.75, 3.05) is 13.1 Å². The number of hydrogen-bond acceptors (Lipinski definition) is 2. The number of carbonyl (C=O) groups excluding carboxylic acids is 2. The van der Waals surface area contributed by atoms with Crippen molar-refractivity contribution in [3.8, 4) is 0 Å². The molecule has 2 aliphatic carbocycles. The maximum absolute atomic E-state index is 12.8. The van der Waals surface area contributed by atoms with Gasteiger partial charge in [-0.05, 0) is 37.7 Å². The largest absolute Gasteiger partial charge is 0.355 e. The monoisotopic (exact) mass is 340 g/mol. The van der Waals surface area contributed by atoms with E-state index in [4.69, 9.17) is 0 Å². The maximum Gasteiger partial charge on any atom is 0.224 e. The molecule has 1 aromatic carbocycles. The Bertz CT molecular complexity index is 633. The van der Waals surface area contributed by atoms with Crippen molar-refractivity contribution in [1.82, 2.24) is 10.2 Å². The molecule has 1 saturated heterocycles. The highest BCUT2D eigenvalue weighted by Gasteiger charge is 2.40. The smallest absolute Gasteiger partial charge is 0.224 e. The molecule has 2 saturated carbocycles. The van der Waals surface area contributed by atoms with Crippen LogP contribution in [0.1, 0.15) is 56.9 Å². The molecule has 2 amide bonds. The van der Waals surface area contributed by atoms with Gasteiger partial charge < -0.3 is 10.2 Å². The highest BCUT2D eigenvalue weighted by atomic mass is 16.2. The fraction of sp³-hybridized carbons (Fsp3) is 0.619. The van der Waals surface area contributed by atoms with Crippen LogP contribution >= 0.6 is 0 Å². The number of rotatable bonds is 5. The first-order valence-electron chi connectivity index (χ1n) is 9.81. The van der Waals surface area contributed by atoms with Crippen molar-refractivity contribution in [2.24, 2.45) is 5.92 Å². The summed E-state index contributed by atoms with van der Waals surface area (Å²) in [5.41, 5.74) is 1.45. The second-order valence-corrected chi connectivity index (χ2v) is 8.08. The van der Waals surface area contributed by atoms with Crippen molar-refractivity contribution in [2.45, 2.75) is 62.8 Å². The van der Waals surface area contributed by atoms with Gasteiger partial charge in [0.15, 0.2) is 0 Å². The molecule has 0 aromatic heterocycles. The summed E-state index contributed by atoms with van der Waals surface area (Å²) in [6, 6.07) is 11.1. The van der Waals surface area contributed by atoms with Gasteiger partial charge in [-0.15, -0.1) is 0 Å². The molecule has 0 bridgehead atoms. The van der Waals surface area contributed by atoms with Crippen LogP contribution in [0.15, 0.2) is 30.3 Å². The summed E-state index contributed by atoms with van der Waals surface area (Å²) in [6.45, 7) is 1.34. The summed E-state index contributed by atoms with van der Waals surface area (Å²) < 4.78 is 0. The number of nitrogens with zero attached hydrogens (tertiary/aromatic N) is 1. The lowest BCUT2D eigenvalue weighted by molar-refractivity contribution is -0.138. The zero-order chi connectivity index (χ0) is 17.3. The summed E-state index contributed by atoms with van der Waals surface area (Å²) in [7, 11) is 0. The second-order valence-electron chi connectivity index (χ2n) is 8.08. The Labute approximate surface area is 150 Å². The summed E-state index contributed by atoms with van der Waals surface area (Å²) >= 11 is 0. The molecular weight excluding hydrogens is 312 g/mol. The first-order chi connectivity index (χ1) is 12.2. The zero-order valence-corrected chi connectivity index (χ0v) is 14.9. The van der Waals surface area contributed by atoms with Crippen LogP contribution in [0.25, 0.3) is 0 Å². The van der Waals surface area contributed by atoms with Gasteiger partial charge >= 0.3 is 0 Å². The molecule has 1 atom stereocenters. The number of amides is 2. The van der Waals surface area contributed by atoms with E-state index in [0.29, 0.717) is 25.4 Å². The Morgan fingerprint density at radius 3 is 2.52 bits per heavy atom. The summed E-state index contributed by atoms with van der Waals surface area (Å²) in [4.78, 5) is 26.8. The highest BCUT2D eigenvalue weighted by Crippen LogP contribution is 2.40. The topological polar surface area (TPSA) is 49.4 Å². The Balaban J connectivity index is 1.39. The third kappa shape index (κ3) is 3.44. The molecule has 3 aliphatic rings. The number of hydrogen-bond donors (Lipinski definition) is 1. The summed E-state index contributed by atoms with van der Waals surface area (Å²) in [6.07, 6.45) is 8.21. The number of nitrogens with one attached hydrogen (secondary N) is 1. The van der Waals surface area contributed by atoms with E-state index in [9.17, 15) is 9.59 Å². The number of carbonyl (C=O) groups is 2. The van der Waals surface area contributed by atoms with E-state index in [0.717, 1.165) is 32.2 Å². The van der Waals surface area contributed by atoms with Gasteiger partial charge in [0, 0.05) is 31.0 Å². The molecule has 0 unspecified atom stereocenters. The van der Waals surface area contributed by atoms with Crippen LogP contribution in [0.5, 0.6) is 0 Å². The van der Waals surface area contributed by atoms with Crippen molar-refractivity contribution >= 4 is 11.8 Å². The van der Waals surface area contributed by atoms with Crippen molar-refractivity contribution in [3.05, 3.63) is 35.9 Å². The number of piperidine rings is 1. The van der Waals surface area contributed by atoms with Crippen molar-refractivity contribution < 1.29 is 9.59 Å². The van der Waals surface area contributed by atoms with E-state index in [1.54, 1.807) is 0 Å². The molecule has 1 N–H and O–H groups in total. The Morgan fingerprint density at radius 2 is 1.84 bits per heavy atom. The molecular formula is C21H28N2O2. The van der Waals surface area contributed by atoms with Crippen LogP contribution in [-0.2, 0) is 15.0 Å². The van der Waals surface area contributed by atoms with Gasteiger partial charge in [0.25, 0.3) is 0 Å². The lowest BCUT2D eigenvalue weighted by atomic mass is 9.78. The van der Waals surface area contributed by atoms with Gasteiger partial charge in [0.2, 0.25) is 11.8 Å². The third-order valence-corrected chi connectivity index (χ3v) is 6.35. The number of likely N-dealkylation sites (tertiary alicyclic amines) is 1. The lowest BCUT2D eigenvalue weighted by Gasteiger charge is -2.34. The van der Waals surface area contributed by atoms with Crippen LogP contribution in [0.2, 0.25) is 0 Å². The molecule has 134 valence electrons. The molecule has 4 rings (SSSR count). The van der Waals surface area contributed by atoms with Gasteiger partial charge in [0.1, 0.15) is 0 Å². The predicted octanol–water partition coefficient (Wildman–Crippen LogP) is 3.02. The van der Waals surface area contributed by atoms with Gasteiger partial charge in [-0.2, -0.15) is 0 Å². The molecule has 1 aliphatic heterocycles. The SMILES string of the molecule is O=C(NCC1(c2ccccc2)CCCC1)[C@H]1CCC(=O)N(C2CC2)C1. The number of benzene rings is 1. The van der Waals surface area contributed by atoms with Crippen LogP contribution < -0.4 is 5.32 Å². The van der Waals surface area contributed by atoms with Crippen molar-refractivity contribution in [1.29, 1.82) is 0 Å². The first kappa shape index (κ1) is 16.6. The molecule has 3 fully saturated rings. The van der Waals surface area contributed by atoms with E-state index < -0.39 is 0 Å². The summed E-state index contributed by atoms with van der Waals surface area (Å²) in [5.74, 6) is 0.344. The van der Waals surface area contributed by atoms with Gasteiger partial charge in [0.05, 0.1) is 5.92 Å². The van der Waals surface area contributed by atoms with E-state index in [1.165, 1.54) is 18.4 Å². The quantitative estimate of drug-likeness (QED) is 0.896. The highest BCUT2D eigenvalue weighted by molar-refractivity contribution is 5.84. The van der Waals surface area contributed by atoms with Gasteiger partial charge in [-0.25, -0.2) is 0 Å². The molecule has 4 nitrogen and oxygen atoms in total. The fourth-order valence-corrected chi connectivity index (χ4v) is 4.64. The van der Waals surface area contributed by atoms with E-state index in [-0.39, 0.29) is 23.1 Å². The second kappa shape index (κ2) is 6.81.